The fourth-order valence-electron chi connectivity index (χ4n) is 2.13. The Morgan fingerprint density at radius 2 is 2.16 bits per heavy atom. The highest BCUT2D eigenvalue weighted by atomic mass is 35.5. The number of rotatable bonds is 7. The highest BCUT2D eigenvalue weighted by molar-refractivity contribution is 5.85. The second-order valence-corrected chi connectivity index (χ2v) is 5.78. The second-order valence-electron chi connectivity index (χ2n) is 5.78. The molecule has 0 spiro atoms. The molecule has 2 unspecified atom stereocenters. The van der Waals surface area contributed by atoms with Gasteiger partial charge in [0.1, 0.15) is 0 Å². The average molecular weight is 293 g/mol. The summed E-state index contributed by atoms with van der Waals surface area (Å²) in [6.07, 6.45) is 3.59. The Hall–Kier alpha value is -0.320. The van der Waals surface area contributed by atoms with E-state index in [2.05, 4.69) is 13.8 Å². The normalized spacial score (nSPS) is 20.2. The zero-order valence-electron chi connectivity index (χ0n) is 12.4. The second kappa shape index (κ2) is 9.56. The predicted octanol–water partition coefficient (Wildman–Crippen LogP) is 2.06. The van der Waals surface area contributed by atoms with E-state index in [4.69, 9.17) is 10.5 Å². The summed E-state index contributed by atoms with van der Waals surface area (Å²) in [6, 6.07) is 0.184. The molecular formula is C14H29ClN2O2. The van der Waals surface area contributed by atoms with Crippen LogP contribution in [0.25, 0.3) is 0 Å². The van der Waals surface area contributed by atoms with Crippen molar-refractivity contribution < 1.29 is 9.53 Å². The van der Waals surface area contributed by atoms with Crippen LogP contribution in [-0.4, -0.2) is 43.7 Å². The van der Waals surface area contributed by atoms with Crippen LogP contribution in [0.4, 0.5) is 0 Å². The van der Waals surface area contributed by atoms with Crippen LogP contribution in [0.3, 0.4) is 0 Å². The van der Waals surface area contributed by atoms with Gasteiger partial charge in [0.05, 0.1) is 0 Å². The summed E-state index contributed by atoms with van der Waals surface area (Å²) in [5.74, 6) is 1.29. The summed E-state index contributed by atoms with van der Waals surface area (Å²) in [7, 11) is 1.88. The molecule has 0 bridgehead atoms. The van der Waals surface area contributed by atoms with Crippen LogP contribution in [-0.2, 0) is 9.53 Å². The van der Waals surface area contributed by atoms with Gasteiger partial charge in [-0.15, -0.1) is 12.4 Å². The van der Waals surface area contributed by atoms with E-state index in [-0.39, 0.29) is 24.4 Å². The predicted molar refractivity (Wildman–Crippen MR) is 80.5 cm³/mol. The van der Waals surface area contributed by atoms with Gasteiger partial charge in [-0.05, 0) is 31.1 Å². The number of nitrogens with zero attached hydrogens (tertiary/aromatic N) is 1. The largest absolute Gasteiger partial charge is 0.381 e. The molecule has 1 rings (SSSR count). The molecule has 4 nitrogen and oxygen atoms in total. The van der Waals surface area contributed by atoms with Gasteiger partial charge in [0.25, 0.3) is 0 Å². The number of hydrogen-bond acceptors (Lipinski definition) is 3. The molecule has 114 valence electrons. The van der Waals surface area contributed by atoms with Crippen molar-refractivity contribution in [2.24, 2.45) is 17.6 Å². The first-order valence-corrected chi connectivity index (χ1v) is 7.08. The van der Waals surface area contributed by atoms with Crippen molar-refractivity contribution in [3.05, 3.63) is 0 Å². The van der Waals surface area contributed by atoms with E-state index < -0.39 is 0 Å². The standard InChI is InChI=1S/C14H28N2O2.ClH/c1-11(2)13(15)6-8-16(3)14(17)5-4-12-7-9-18-10-12;/h11-13H,4-10,15H2,1-3H3;1H. The Bertz CT molecular complexity index is 256. The Labute approximate surface area is 123 Å². The molecule has 1 aliphatic rings. The molecule has 1 amide bonds. The lowest BCUT2D eigenvalue weighted by atomic mass is 10.0. The van der Waals surface area contributed by atoms with Crippen LogP contribution < -0.4 is 5.73 Å². The van der Waals surface area contributed by atoms with Crippen LogP contribution in [0, 0.1) is 11.8 Å². The average Bonchev–Trinajstić information content (AvgIpc) is 2.85. The quantitative estimate of drug-likeness (QED) is 0.781. The zero-order valence-corrected chi connectivity index (χ0v) is 13.2. The van der Waals surface area contributed by atoms with Gasteiger partial charge in [-0.3, -0.25) is 4.79 Å². The van der Waals surface area contributed by atoms with Gasteiger partial charge in [-0.2, -0.15) is 0 Å². The Morgan fingerprint density at radius 1 is 1.47 bits per heavy atom. The maximum absolute atomic E-state index is 11.9. The van der Waals surface area contributed by atoms with Gasteiger partial charge >= 0.3 is 0 Å². The molecule has 0 radical (unpaired) electrons. The van der Waals surface area contributed by atoms with Gasteiger partial charge in [0.15, 0.2) is 0 Å². The lowest BCUT2D eigenvalue weighted by molar-refractivity contribution is -0.130. The van der Waals surface area contributed by atoms with Crippen LogP contribution >= 0.6 is 12.4 Å². The first-order valence-electron chi connectivity index (χ1n) is 7.08. The molecule has 1 fully saturated rings. The van der Waals surface area contributed by atoms with Crippen molar-refractivity contribution in [2.45, 2.75) is 45.6 Å². The molecule has 1 aliphatic heterocycles. The minimum atomic E-state index is 0. The van der Waals surface area contributed by atoms with Crippen molar-refractivity contribution in [2.75, 3.05) is 26.8 Å². The monoisotopic (exact) mass is 292 g/mol. The molecule has 2 atom stereocenters. The third-order valence-electron chi connectivity index (χ3n) is 3.87. The SMILES string of the molecule is CC(C)C(N)CCN(C)C(=O)CCC1CCOC1.Cl. The van der Waals surface area contributed by atoms with Gasteiger partial charge in [0, 0.05) is 39.3 Å². The van der Waals surface area contributed by atoms with Crippen molar-refractivity contribution in [3.63, 3.8) is 0 Å². The first kappa shape index (κ1) is 18.7. The maximum atomic E-state index is 11.9. The molecule has 1 heterocycles. The molecule has 0 aromatic heterocycles. The molecule has 19 heavy (non-hydrogen) atoms. The van der Waals surface area contributed by atoms with Crippen LogP contribution in [0.15, 0.2) is 0 Å². The highest BCUT2D eigenvalue weighted by Crippen LogP contribution is 2.18. The Morgan fingerprint density at radius 3 is 2.68 bits per heavy atom. The molecule has 0 aromatic rings. The number of halogens is 1. The van der Waals surface area contributed by atoms with Crippen LogP contribution in [0.5, 0.6) is 0 Å². The molecule has 0 aliphatic carbocycles. The zero-order chi connectivity index (χ0) is 13.5. The van der Waals surface area contributed by atoms with Crippen molar-refractivity contribution >= 4 is 18.3 Å². The summed E-state index contributed by atoms with van der Waals surface area (Å²) in [5, 5.41) is 0. The van der Waals surface area contributed by atoms with Crippen molar-refractivity contribution in [3.8, 4) is 0 Å². The third kappa shape index (κ3) is 7.14. The molecular weight excluding hydrogens is 264 g/mol. The first-order chi connectivity index (χ1) is 8.50. The topological polar surface area (TPSA) is 55.6 Å². The minimum Gasteiger partial charge on any atom is -0.381 e. The fourth-order valence-corrected chi connectivity index (χ4v) is 2.13. The van der Waals surface area contributed by atoms with Gasteiger partial charge in [-0.1, -0.05) is 13.8 Å². The van der Waals surface area contributed by atoms with E-state index in [0.29, 0.717) is 18.3 Å². The fraction of sp³-hybridized carbons (Fsp3) is 0.929. The summed E-state index contributed by atoms with van der Waals surface area (Å²) in [4.78, 5) is 13.7. The van der Waals surface area contributed by atoms with Crippen LogP contribution in [0.1, 0.15) is 39.5 Å². The summed E-state index contributed by atoms with van der Waals surface area (Å²) in [6.45, 7) is 6.69. The molecule has 2 N–H and O–H groups in total. The number of ether oxygens (including phenoxy) is 1. The van der Waals surface area contributed by atoms with Gasteiger partial charge in [-0.25, -0.2) is 0 Å². The van der Waals surface area contributed by atoms with Crippen molar-refractivity contribution in [1.82, 2.24) is 4.90 Å². The van der Waals surface area contributed by atoms with Gasteiger partial charge < -0.3 is 15.4 Å². The summed E-state index contributed by atoms with van der Waals surface area (Å²) in [5.41, 5.74) is 5.98. The molecule has 5 heteroatoms. The molecule has 0 aromatic carbocycles. The van der Waals surface area contributed by atoms with E-state index in [1.165, 1.54) is 0 Å². The Balaban J connectivity index is 0.00000324. The summed E-state index contributed by atoms with van der Waals surface area (Å²) < 4.78 is 5.31. The van der Waals surface area contributed by atoms with E-state index in [1.54, 1.807) is 0 Å². The van der Waals surface area contributed by atoms with E-state index >= 15 is 0 Å². The van der Waals surface area contributed by atoms with Gasteiger partial charge in [0.2, 0.25) is 5.91 Å². The van der Waals surface area contributed by atoms with Crippen LogP contribution in [0.2, 0.25) is 0 Å². The number of amides is 1. The maximum Gasteiger partial charge on any atom is 0.222 e. The molecule has 0 saturated carbocycles. The lowest BCUT2D eigenvalue weighted by Gasteiger charge is -2.22. The number of nitrogens with two attached hydrogens (primary N) is 1. The van der Waals surface area contributed by atoms with Crippen molar-refractivity contribution in [1.29, 1.82) is 0 Å². The lowest BCUT2D eigenvalue weighted by Crippen LogP contribution is -2.34. The third-order valence-corrected chi connectivity index (χ3v) is 3.87. The summed E-state index contributed by atoms with van der Waals surface area (Å²) >= 11 is 0. The number of carbonyl (C=O) groups excluding carboxylic acids is 1. The highest BCUT2D eigenvalue weighted by Gasteiger charge is 2.18. The number of carbonyl (C=O) groups is 1. The smallest absolute Gasteiger partial charge is 0.222 e. The van der Waals surface area contributed by atoms with E-state index in [9.17, 15) is 4.79 Å². The Kier molecular flexibility index (Phi) is 9.40. The van der Waals surface area contributed by atoms with E-state index in [0.717, 1.165) is 39.0 Å². The van der Waals surface area contributed by atoms with E-state index in [1.807, 2.05) is 11.9 Å². The number of hydrogen-bond donors (Lipinski definition) is 1. The molecule has 1 saturated heterocycles. The minimum absolute atomic E-state index is 0.